The highest BCUT2D eigenvalue weighted by atomic mass is 28.3. The molecule has 0 atom stereocenters. The van der Waals surface area contributed by atoms with E-state index < -0.39 is 10.0 Å². The Labute approximate surface area is 172 Å². The lowest BCUT2D eigenvalue weighted by Crippen LogP contribution is -2.22. The van der Waals surface area contributed by atoms with E-state index in [9.17, 15) is 0 Å². The Kier molecular flexibility index (Phi) is 20.7. The third kappa shape index (κ3) is 20.8. The van der Waals surface area contributed by atoms with Crippen molar-refractivity contribution in [2.45, 2.75) is 122 Å². The number of hydrogen-bond donors (Lipinski definition) is 0. The first-order valence-electron chi connectivity index (χ1n) is 11.2. The molecule has 0 saturated carbocycles. The van der Waals surface area contributed by atoms with Crippen molar-refractivity contribution >= 4 is 31.0 Å². The second kappa shape index (κ2) is 20.3. The summed E-state index contributed by atoms with van der Waals surface area (Å²) in [5.41, 5.74) is 0.132. The predicted molar refractivity (Wildman–Crippen MR) is 124 cm³/mol. The molecule has 0 fully saturated rings. The zero-order valence-corrected chi connectivity index (χ0v) is 23.9. The maximum Gasteiger partial charge on any atom is 0.293 e. The normalized spacial score (nSPS) is 12.7. The zero-order chi connectivity index (χ0) is 19.3. The van der Waals surface area contributed by atoms with Crippen molar-refractivity contribution in [2.24, 2.45) is 0 Å². The fourth-order valence-corrected chi connectivity index (χ4v) is 4.49. The molecule has 0 aliphatic rings. The van der Waals surface area contributed by atoms with Crippen LogP contribution in [0, 0.1) is 0 Å². The summed E-state index contributed by atoms with van der Waals surface area (Å²) in [5.74, 6) is 0. The van der Waals surface area contributed by atoms with Crippen LogP contribution in [0.5, 0.6) is 0 Å². The summed E-state index contributed by atoms with van der Waals surface area (Å²) in [6.07, 6.45) is 22.2. The fourth-order valence-electron chi connectivity index (χ4n) is 3.30. The first-order chi connectivity index (χ1) is 12.6. The molecule has 158 valence electrons. The molecule has 0 saturated heterocycles. The molecule has 0 bridgehead atoms. The van der Waals surface area contributed by atoms with Gasteiger partial charge in [0.1, 0.15) is 21.0 Å². The quantitative estimate of drug-likeness (QED) is 0.210. The van der Waals surface area contributed by atoms with Crippen molar-refractivity contribution in [3.8, 4) is 0 Å². The van der Waals surface area contributed by atoms with E-state index in [0.717, 1.165) is 27.6 Å². The van der Waals surface area contributed by atoms with Gasteiger partial charge in [-0.25, -0.2) is 0 Å². The summed E-state index contributed by atoms with van der Waals surface area (Å²) >= 11 is 0. The lowest BCUT2D eigenvalue weighted by atomic mass is 9.99. The summed E-state index contributed by atoms with van der Waals surface area (Å²) in [7, 11) is 1.11. The van der Waals surface area contributed by atoms with Gasteiger partial charge in [-0.2, -0.15) is 0 Å². The largest absolute Gasteiger partial charge is 0.449 e. The SMILES string of the molecule is CC(C)(CCCCCCCCCCCCCCCCCO[SiH2]O[SiH3])O[SiH3]. The minimum absolute atomic E-state index is 0.132. The van der Waals surface area contributed by atoms with Gasteiger partial charge in [0, 0.05) is 12.2 Å². The van der Waals surface area contributed by atoms with Crippen LogP contribution < -0.4 is 0 Å². The Morgan fingerprint density at radius 2 is 1.00 bits per heavy atom. The van der Waals surface area contributed by atoms with Gasteiger partial charge in [-0.05, 0) is 26.7 Å². The first-order valence-corrected chi connectivity index (χ1v) is 14.0. The van der Waals surface area contributed by atoms with Crippen LogP contribution in [0.3, 0.4) is 0 Å². The summed E-state index contributed by atoms with van der Waals surface area (Å²) in [6.45, 7) is 5.38. The Balaban J connectivity index is 3.05. The molecule has 0 rings (SSSR count). The number of hydrogen-bond acceptors (Lipinski definition) is 3. The Morgan fingerprint density at radius 1 is 0.615 bits per heavy atom. The third-order valence-corrected chi connectivity index (χ3v) is 7.82. The van der Waals surface area contributed by atoms with Crippen molar-refractivity contribution < 1.29 is 13.0 Å². The topological polar surface area (TPSA) is 27.7 Å². The van der Waals surface area contributed by atoms with Crippen LogP contribution in [0.25, 0.3) is 0 Å². The van der Waals surface area contributed by atoms with Crippen molar-refractivity contribution in [3.05, 3.63) is 0 Å². The molecule has 0 unspecified atom stereocenters. The van der Waals surface area contributed by atoms with Gasteiger partial charge in [0.2, 0.25) is 0 Å². The average Bonchev–Trinajstić information content (AvgIpc) is 2.63. The lowest BCUT2D eigenvalue weighted by molar-refractivity contribution is 0.109. The van der Waals surface area contributed by atoms with Crippen molar-refractivity contribution in [1.29, 1.82) is 0 Å². The molecule has 0 aromatic heterocycles. The molecule has 0 radical (unpaired) electrons. The molecule has 0 aliphatic carbocycles. The van der Waals surface area contributed by atoms with Gasteiger partial charge < -0.3 is 13.0 Å². The van der Waals surface area contributed by atoms with E-state index in [4.69, 9.17) is 13.0 Å². The molecular weight excluding hydrogens is 372 g/mol. The third-order valence-electron chi connectivity index (χ3n) is 5.32. The minimum atomic E-state index is -0.592. The van der Waals surface area contributed by atoms with Gasteiger partial charge >= 0.3 is 0 Å². The van der Waals surface area contributed by atoms with Crippen molar-refractivity contribution in [2.75, 3.05) is 6.61 Å². The molecule has 0 N–H and O–H groups in total. The lowest BCUT2D eigenvalue weighted by Gasteiger charge is -2.23. The summed E-state index contributed by atoms with van der Waals surface area (Å²) in [4.78, 5) is 0. The van der Waals surface area contributed by atoms with Crippen LogP contribution in [0.2, 0.25) is 0 Å². The highest BCUT2D eigenvalue weighted by molar-refractivity contribution is 6.27. The van der Waals surface area contributed by atoms with Crippen LogP contribution in [0.15, 0.2) is 0 Å². The van der Waals surface area contributed by atoms with E-state index in [-0.39, 0.29) is 5.60 Å². The zero-order valence-electron chi connectivity index (χ0n) is 18.5. The number of unbranched alkanes of at least 4 members (excludes halogenated alkanes) is 14. The molecule has 0 aromatic rings. The second-order valence-electron chi connectivity index (χ2n) is 8.33. The summed E-state index contributed by atoms with van der Waals surface area (Å²) in [6, 6.07) is 0. The minimum Gasteiger partial charge on any atom is -0.449 e. The molecule has 6 heteroatoms. The molecule has 0 spiro atoms. The standard InChI is InChI=1S/C20H48O3Si3/c1-20(2,22-24)18-16-14-12-10-8-6-4-3-5-7-9-11-13-15-17-19-21-26-23-25/h3-19,26H2,1-2,24-25H3. The Bertz CT molecular complexity index is 279. The van der Waals surface area contributed by atoms with Gasteiger partial charge in [-0.15, -0.1) is 0 Å². The summed E-state index contributed by atoms with van der Waals surface area (Å²) < 4.78 is 16.2. The highest BCUT2D eigenvalue weighted by Crippen LogP contribution is 2.18. The molecule has 0 aromatic carbocycles. The van der Waals surface area contributed by atoms with Gasteiger partial charge in [-0.3, -0.25) is 0 Å². The fraction of sp³-hybridized carbons (Fsp3) is 1.00. The van der Waals surface area contributed by atoms with E-state index in [2.05, 4.69) is 13.8 Å². The van der Waals surface area contributed by atoms with Crippen LogP contribution in [-0.2, 0) is 13.0 Å². The molecular formula is C20H48O3Si3. The highest BCUT2D eigenvalue weighted by Gasteiger charge is 2.13. The maximum absolute atomic E-state index is 5.61. The first kappa shape index (κ1) is 26.5. The van der Waals surface area contributed by atoms with E-state index in [0.29, 0.717) is 0 Å². The van der Waals surface area contributed by atoms with E-state index in [1.165, 1.54) is 103 Å². The van der Waals surface area contributed by atoms with Crippen LogP contribution in [0.4, 0.5) is 0 Å². The van der Waals surface area contributed by atoms with Crippen LogP contribution >= 0.6 is 0 Å². The molecule has 3 nitrogen and oxygen atoms in total. The van der Waals surface area contributed by atoms with Gasteiger partial charge in [-0.1, -0.05) is 89.9 Å². The Morgan fingerprint density at radius 3 is 1.38 bits per heavy atom. The smallest absolute Gasteiger partial charge is 0.293 e. The van der Waals surface area contributed by atoms with Gasteiger partial charge in [0.05, 0.1) is 0 Å². The van der Waals surface area contributed by atoms with Crippen molar-refractivity contribution in [1.82, 2.24) is 0 Å². The predicted octanol–water partition coefficient (Wildman–Crippen LogP) is 3.62. The molecule has 26 heavy (non-hydrogen) atoms. The van der Waals surface area contributed by atoms with E-state index in [1.54, 1.807) is 0 Å². The average molecular weight is 421 g/mol. The maximum atomic E-state index is 5.61. The second-order valence-corrected chi connectivity index (χ2v) is 11.7. The van der Waals surface area contributed by atoms with Crippen LogP contribution in [0.1, 0.15) is 117 Å². The molecule has 0 heterocycles. The molecule has 0 aliphatic heterocycles. The van der Waals surface area contributed by atoms with Gasteiger partial charge in [0.25, 0.3) is 10.0 Å². The summed E-state index contributed by atoms with van der Waals surface area (Å²) in [5, 5.41) is 0. The van der Waals surface area contributed by atoms with E-state index >= 15 is 0 Å². The molecule has 0 amide bonds. The number of rotatable bonds is 21. The monoisotopic (exact) mass is 420 g/mol. The van der Waals surface area contributed by atoms with Crippen molar-refractivity contribution in [3.63, 3.8) is 0 Å². The van der Waals surface area contributed by atoms with Crippen LogP contribution in [-0.4, -0.2) is 43.2 Å². The van der Waals surface area contributed by atoms with E-state index in [1.807, 2.05) is 0 Å². The Hall–Kier alpha value is 0.531. The van der Waals surface area contributed by atoms with Gasteiger partial charge in [0.15, 0.2) is 0 Å².